The van der Waals surface area contributed by atoms with Crippen molar-refractivity contribution in [2.75, 3.05) is 19.1 Å². The summed E-state index contributed by atoms with van der Waals surface area (Å²) in [7, 11) is 3.53. The first-order valence-corrected chi connectivity index (χ1v) is 8.39. The molecule has 2 aliphatic heterocycles. The van der Waals surface area contributed by atoms with E-state index in [2.05, 4.69) is 28.8 Å². The predicted molar refractivity (Wildman–Crippen MR) is 97.1 cm³/mol. The zero-order chi connectivity index (χ0) is 17.2. The summed E-state index contributed by atoms with van der Waals surface area (Å²) in [5.41, 5.74) is 4.71. The van der Waals surface area contributed by atoms with Gasteiger partial charge < -0.3 is 14.2 Å². The van der Waals surface area contributed by atoms with Gasteiger partial charge in [0.2, 0.25) is 0 Å². The van der Waals surface area contributed by atoms with E-state index >= 15 is 0 Å². The molecule has 1 amide bonds. The summed E-state index contributed by atoms with van der Waals surface area (Å²) in [6.07, 6.45) is 2.65. The Morgan fingerprint density at radius 2 is 1.92 bits per heavy atom. The normalized spacial score (nSPS) is 20.4. The van der Waals surface area contributed by atoms with Crippen LogP contribution in [0.25, 0.3) is 11.3 Å². The Bertz CT molecular complexity index is 1020. The average Bonchev–Trinajstić information content (AvgIpc) is 3.22. The van der Waals surface area contributed by atoms with Crippen molar-refractivity contribution >= 4 is 11.6 Å². The van der Waals surface area contributed by atoms with Crippen LogP contribution in [0.4, 0.5) is 5.69 Å². The van der Waals surface area contributed by atoms with Crippen LogP contribution in [0.15, 0.2) is 60.8 Å². The summed E-state index contributed by atoms with van der Waals surface area (Å²) in [5, 5.41) is 0. The van der Waals surface area contributed by atoms with Gasteiger partial charge in [-0.3, -0.25) is 4.79 Å². The molecule has 3 aromatic rings. The Morgan fingerprint density at radius 3 is 2.76 bits per heavy atom. The van der Waals surface area contributed by atoms with E-state index in [-0.39, 0.29) is 5.91 Å². The fourth-order valence-corrected chi connectivity index (χ4v) is 4.41. The standard InChI is InChI=1S/C21H18N2O2/c1-22-19-7-4-3-6-17(19)21(20(22)24)13-14-12-15(25-2)9-10-16(14)18-8-5-11-23(18)21/h3-12H,13H2,1-2H3. The zero-order valence-corrected chi connectivity index (χ0v) is 14.2. The minimum atomic E-state index is -0.719. The number of methoxy groups -OCH3 is 1. The second-order valence-corrected chi connectivity index (χ2v) is 6.70. The highest BCUT2D eigenvalue weighted by Crippen LogP contribution is 2.50. The molecular formula is C21H18N2O2. The van der Waals surface area contributed by atoms with Gasteiger partial charge in [0, 0.05) is 42.2 Å². The minimum Gasteiger partial charge on any atom is -0.497 e. The lowest BCUT2D eigenvalue weighted by molar-refractivity contribution is -0.124. The number of likely N-dealkylation sites (N-methyl/N-ethyl adjacent to an activating group) is 1. The summed E-state index contributed by atoms with van der Waals surface area (Å²) < 4.78 is 7.56. The maximum Gasteiger partial charge on any atom is 0.258 e. The molecule has 25 heavy (non-hydrogen) atoms. The van der Waals surface area contributed by atoms with Crippen molar-refractivity contribution in [3.8, 4) is 17.0 Å². The van der Waals surface area contributed by atoms with Crippen LogP contribution in [-0.2, 0) is 16.8 Å². The Morgan fingerprint density at radius 1 is 1.08 bits per heavy atom. The van der Waals surface area contributed by atoms with E-state index in [1.165, 1.54) is 0 Å². The average molecular weight is 330 g/mol. The van der Waals surface area contributed by atoms with Gasteiger partial charge in [-0.25, -0.2) is 0 Å². The zero-order valence-electron chi connectivity index (χ0n) is 14.2. The molecule has 0 saturated heterocycles. The van der Waals surface area contributed by atoms with Crippen molar-refractivity contribution in [2.45, 2.75) is 12.0 Å². The fraction of sp³-hybridized carbons (Fsp3) is 0.190. The van der Waals surface area contributed by atoms with E-state index in [0.29, 0.717) is 6.42 Å². The maximum atomic E-state index is 13.4. The number of fused-ring (bicyclic) bond motifs is 6. The van der Waals surface area contributed by atoms with Crippen LogP contribution in [-0.4, -0.2) is 24.6 Å². The molecule has 0 fully saturated rings. The molecule has 124 valence electrons. The summed E-state index contributed by atoms with van der Waals surface area (Å²) >= 11 is 0. The van der Waals surface area contributed by atoms with Gasteiger partial charge in [-0.15, -0.1) is 0 Å². The number of ether oxygens (including phenoxy) is 1. The van der Waals surface area contributed by atoms with Crippen LogP contribution in [0.2, 0.25) is 0 Å². The smallest absolute Gasteiger partial charge is 0.258 e. The SMILES string of the molecule is COc1ccc2c(c1)CC1(C(=O)N(C)c3ccccc31)n1cccc1-2. The van der Waals surface area contributed by atoms with Crippen molar-refractivity contribution in [3.63, 3.8) is 0 Å². The van der Waals surface area contributed by atoms with Crippen LogP contribution in [0.1, 0.15) is 11.1 Å². The summed E-state index contributed by atoms with van der Waals surface area (Å²) in [6.45, 7) is 0. The van der Waals surface area contributed by atoms with Crippen molar-refractivity contribution in [1.29, 1.82) is 0 Å². The summed E-state index contributed by atoms with van der Waals surface area (Å²) in [5.74, 6) is 0.931. The van der Waals surface area contributed by atoms with Crippen LogP contribution < -0.4 is 9.64 Å². The molecule has 3 heterocycles. The molecule has 0 N–H and O–H groups in total. The lowest BCUT2D eigenvalue weighted by Crippen LogP contribution is -2.48. The molecule has 2 aliphatic rings. The van der Waals surface area contributed by atoms with Crippen LogP contribution >= 0.6 is 0 Å². The van der Waals surface area contributed by atoms with Crippen molar-refractivity contribution in [2.24, 2.45) is 0 Å². The molecule has 0 radical (unpaired) electrons. The van der Waals surface area contributed by atoms with Crippen LogP contribution in [0, 0.1) is 0 Å². The number of para-hydroxylation sites is 1. The van der Waals surface area contributed by atoms with Crippen LogP contribution in [0.3, 0.4) is 0 Å². The number of rotatable bonds is 1. The third-order valence-corrected chi connectivity index (χ3v) is 5.56. The molecule has 1 aromatic heterocycles. The number of nitrogens with zero attached hydrogens (tertiary/aromatic N) is 2. The number of carbonyl (C=O) groups is 1. The minimum absolute atomic E-state index is 0.111. The van der Waals surface area contributed by atoms with Crippen molar-refractivity contribution in [1.82, 2.24) is 4.57 Å². The number of anilines is 1. The number of amides is 1. The number of benzene rings is 2. The number of aromatic nitrogens is 1. The first-order chi connectivity index (χ1) is 12.2. The largest absolute Gasteiger partial charge is 0.497 e. The van der Waals surface area contributed by atoms with Gasteiger partial charge in [0.25, 0.3) is 5.91 Å². The number of hydrogen-bond acceptors (Lipinski definition) is 2. The second kappa shape index (κ2) is 4.76. The lowest BCUT2D eigenvalue weighted by atomic mass is 9.79. The molecule has 5 rings (SSSR count). The Kier molecular flexibility index (Phi) is 2.73. The van der Waals surface area contributed by atoms with E-state index in [1.807, 2.05) is 43.6 Å². The van der Waals surface area contributed by atoms with Gasteiger partial charge in [-0.05, 0) is 42.0 Å². The quantitative estimate of drug-likeness (QED) is 0.685. The fourth-order valence-electron chi connectivity index (χ4n) is 4.41. The van der Waals surface area contributed by atoms with E-state index < -0.39 is 5.54 Å². The molecule has 0 bridgehead atoms. The van der Waals surface area contributed by atoms with Gasteiger partial charge in [-0.1, -0.05) is 18.2 Å². The summed E-state index contributed by atoms with van der Waals surface area (Å²) in [6, 6.07) is 18.3. The molecule has 1 spiro atoms. The Hall–Kier alpha value is -3.01. The Labute approximate surface area is 146 Å². The molecule has 4 heteroatoms. The molecule has 1 atom stereocenters. The van der Waals surface area contributed by atoms with Gasteiger partial charge in [0.05, 0.1) is 7.11 Å². The maximum absolute atomic E-state index is 13.4. The predicted octanol–water partition coefficient (Wildman–Crippen LogP) is 3.44. The first-order valence-electron chi connectivity index (χ1n) is 8.39. The van der Waals surface area contributed by atoms with Crippen molar-refractivity contribution in [3.05, 3.63) is 71.9 Å². The number of carbonyl (C=O) groups excluding carboxylic acids is 1. The summed E-state index contributed by atoms with van der Waals surface area (Å²) in [4.78, 5) is 15.2. The highest BCUT2D eigenvalue weighted by atomic mass is 16.5. The molecule has 2 aromatic carbocycles. The van der Waals surface area contributed by atoms with E-state index in [4.69, 9.17) is 4.74 Å². The lowest BCUT2D eigenvalue weighted by Gasteiger charge is -2.37. The van der Waals surface area contributed by atoms with E-state index in [0.717, 1.165) is 33.8 Å². The van der Waals surface area contributed by atoms with Crippen molar-refractivity contribution < 1.29 is 9.53 Å². The van der Waals surface area contributed by atoms with Gasteiger partial charge >= 0.3 is 0 Å². The molecule has 4 nitrogen and oxygen atoms in total. The second-order valence-electron chi connectivity index (χ2n) is 6.70. The van der Waals surface area contributed by atoms with Crippen LogP contribution in [0.5, 0.6) is 5.75 Å². The third-order valence-electron chi connectivity index (χ3n) is 5.56. The number of hydrogen-bond donors (Lipinski definition) is 0. The molecule has 1 unspecified atom stereocenters. The molecular weight excluding hydrogens is 312 g/mol. The highest BCUT2D eigenvalue weighted by molar-refractivity contribution is 6.08. The van der Waals surface area contributed by atoms with Gasteiger partial charge in [0.15, 0.2) is 5.54 Å². The monoisotopic (exact) mass is 330 g/mol. The first kappa shape index (κ1) is 14.3. The highest BCUT2D eigenvalue weighted by Gasteiger charge is 2.53. The molecule has 0 saturated carbocycles. The topological polar surface area (TPSA) is 34.5 Å². The van der Waals surface area contributed by atoms with Gasteiger partial charge in [0.1, 0.15) is 5.75 Å². The molecule has 0 aliphatic carbocycles. The third kappa shape index (κ3) is 1.64. The van der Waals surface area contributed by atoms with E-state index in [1.54, 1.807) is 12.0 Å². The van der Waals surface area contributed by atoms with Gasteiger partial charge in [-0.2, -0.15) is 0 Å². The Balaban J connectivity index is 1.83. The van der Waals surface area contributed by atoms with E-state index in [9.17, 15) is 4.79 Å².